The fourth-order valence-corrected chi connectivity index (χ4v) is 8.35. The van der Waals surface area contributed by atoms with E-state index >= 15 is 0 Å². The summed E-state index contributed by atoms with van der Waals surface area (Å²) in [6, 6.07) is 8.21. The summed E-state index contributed by atoms with van der Waals surface area (Å²) in [5, 5.41) is 27.5. The Morgan fingerprint density at radius 3 is 2.53 bits per heavy atom. The molecule has 0 saturated heterocycles. The van der Waals surface area contributed by atoms with E-state index in [1.54, 1.807) is 0 Å². The van der Waals surface area contributed by atoms with Gasteiger partial charge in [0.2, 0.25) is 0 Å². The Morgan fingerprint density at radius 2 is 1.79 bits per heavy atom. The van der Waals surface area contributed by atoms with Crippen LogP contribution >= 0.6 is 0 Å². The predicted octanol–water partition coefficient (Wildman–Crippen LogP) is 4.88. The van der Waals surface area contributed by atoms with Crippen LogP contribution in [0.15, 0.2) is 47.1 Å². The SMILES string of the molecule is CC12CCC(=NOCC(=O)NC(Cc3ccccc3)C(=O)O)C=C1CCC1C2CCC2(C)C1CCC2(C)O. The van der Waals surface area contributed by atoms with Crippen molar-refractivity contribution in [3.63, 3.8) is 0 Å². The van der Waals surface area contributed by atoms with Crippen LogP contribution in [0.4, 0.5) is 0 Å². The molecule has 7 nitrogen and oxygen atoms in total. The summed E-state index contributed by atoms with van der Waals surface area (Å²) in [5.74, 6) is 0.332. The van der Waals surface area contributed by atoms with Gasteiger partial charge in [0.1, 0.15) is 6.04 Å². The number of nitrogens with one attached hydrogen (secondary N) is 1. The molecule has 1 aromatic carbocycles. The number of aliphatic hydroxyl groups is 1. The molecule has 0 radical (unpaired) electrons. The molecule has 0 heterocycles. The zero-order chi connectivity index (χ0) is 27.1. The van der Waals surface area contributed by atoms with Crippen LogP contribution in [0.3, 0.4) is 0 Å². The predicted molar refractivity (Wildman–Crippen MR) is 145 cm³/mol. The third-order valence-corrected chi connectivity index (χ3v) is 10.8. The van der Waals surface area contributed by atoms with Crippen molar-refractivity contribution in [3.05, 3.63) is 47.5 Å². The molecule has 0 bridgehead atoms. The number of carboxylic acids is 1. The van der Waals surface area contributed by atoms with Gasteiger partial charge in [0.05, 0.1) is 11.3 Å². The van der Waals surface area contributed by atoms with Crippen molar-refractivity contribution >= 4 is 17.6 Å². The third kappa shape index (κ3) is 4.78. The molecule has 4 aliphatic carbocycles. The summed E-state index contributed by atoms with van der Waals surface area (Å²) in [4.78, 5) is 29.4. The maximum Gasteiger partial charge on any atom is 0.326 e. The quantitative estimate of drug-likeness (QED) is 0.442. The van der Waals surface area contributed by atoms with Crippen LogP contribution in [0.1, 0.15) is 77.7 Å². The van der Waals surface area contributed by atoms with Gasteiger partial charge in [-0.25, -0.2) is 4.79 Å². The minimum absolute atomic E-state index is 0.0299. The van der Waals surface area contributed by atoms with Gasteiger partial charge in [-0.3, -0.25) is 4.79 Å². The van der Waals surface area contributed by atoms with E-state index in [0.717, 1.165) is 56.2 Å². The lowest BCUT2D eigenvalue weighted by Gasteiger charge is -2.59. The molecule has 3 N–H and O–H groups in total. The second-order valence-corrected chi connectivity index (χ2v) is 12.8. The molecule has 1 aromatic rings. The van der Waals surface area contributed by atoms with Crippen LogP contribution < -0.4 is 5.32 Å². The van der Waals surface area contributed by atoms with E-state index in [4.69, 9.17) is 4.84 Å². The standard InChI is InChI=1S/C31H42N2O5/c1-29-14-11-22(33-38-19-27(34)32-26(28(35)36)17-20-7-5-4-6-8-20)18-21(29)9-10-23-24(29)12-15-30(2)25(23)13-16-31(30,3)37/h4-8,18,23-26,37H,9-17,19H2,1-3H3,(H,32,34)(H,35,36). The summed E-state index contributed by atoms with van der Waals surface area (Å²) < 4.78 is 0. The normalized spacial score (nSPS) is 37.8. The highest BCUT2D eigenvalue weighted by atomic mass is 16.6. The van der Waals surface area contributed by atoms with E-state index in [0.29, 0.717) is 17.8 Å². The van der Waals surface area contributed by atoms with Crippen molar-refractivity contribution in [2.45, 2.75) is 90.2 Å². The Labute approximate surface area is 225 Å². The first-order valence-electron chi connectivity index (χ1n) is 14.2. The first kappa shape index (κ1) is 26.9. The Kier molecular flexibility index (Phi) is 7.18. The van der Waals surface area contributed by atoms with Gasteiger partial charge in [0, 0.05) is 6.42 Å². The summed E-state index contributed by atoms with van der Waals surface area (Å²) in [5.41, 5.74) is 2.77. The molecule has 5 rings (SSSR count). The van der Waals surface area contributed by atoms with Crippen LogP contribution in [-0.2, 0) is 20.8 Å². The molecule has 7 atom stereocenters. The molecule has 1 amide bonds. The number of amides is 1. The average molecular weight is 523 g/mol. The lowest BCUT2D eigenvalue weighted by molar-refractivity contribution is -0.142. The lowest BCUT2D eigenvalue weighted by Crippen LogP contribution is -2.53. The van der Waals surface area contributed by atoms with Gasteiger partial charge in [-0.05, 0) is 98.5 Å². The number of hydrogen-bond donors (Lipinski definition) is 3. The summed E-state index contributed by atoms with van der Waals surface area (Å²) in [6.07, 6.45) is 10.7. The molecule has 3 fully saturated rings. The van der Waals surface area contributed by atoms with Crippen molar-refractivity contribution in [1.29, 1.82) is 0 Å². The number of rotatable bonds is 7. The monoisotopic (exact) mass is 522 g/mol. The minimum Gasteiger partial charge on any atom is -0.480 e. The molecule has 38 heavy (non-hydrogen) atoms. The zero-order valence-electron chi connectivity index (χ0n) is 22.9. The number of allylic oxidation sites excluding steroid dienone is 2. The Bertz CT molecular complexity index is 1130. The van der Waals surface area contributed by atoms with Gasteiger partial charge < -0.3 is 20.4 Å². The molecule has 7 unspecified atom stereocenters. The topological polar surface area (TPSA) is 108 Å². The van der Waals surface area contributed by atoms with E-state index in [1.165, 1.54) is 12.0 Å². The Hall–Kier alpha value is -2.67. The van der Waals surface area contributed by atoms with Gasteiger partial charge in [-0.2, -0.15) is 0 Å². The number of oxime groups is 1. The van der Waals surface area contributed by atoms with Gasteiger partial charge in [0.15, 0.2) is 6.61 Å². The van der Waals surface area contributed by atoms with E-state index < -0.39 is 23.5 Å². The molecule has 3 saturated carbocycles. The maximum absolute atomic E-state index is 12.4. The molecule has 0 aliphatic heterocycles. The Balaban J connectivity index is 1.19. The fourth-order valence-electron chi connectivity index (χ4n) is 8.35. The van der Waals surface area contributed by atoms with Crippen molar-refractivity contribution < 1.29 is 24.6 Å². The molecule has 4 aliphatic rings. The largest absolute Gasteiger partial charge is 0.480 e. The van der Waals surface area contributed by atoms with Crippen LogP contribution in [0.25, 0.3) is 0 Å². The summed E-state index contributed by atoms with van der Waals surface area (Å²) in [6.45, 7) is 6.49. The fraction of sp³-hybridized carbons (Fsp3) is 0.645. The van der Waals surface area contributed by atoms with Crippen LogP contribution in [0.5, 0.6) is 0 Å². The first-order chi connectivity index (χ1) is 18.0. The van der Waals surface area contributed by atoms with E-state index in [2.05, 4.69) is 37.3 Å². The minimum atomic E-state index is -1.08. The number of carbonyl (C=O) groups excluding carboxylic acids is 1. The van der Waals surface area contributed by atoms with Gasteiger partial charge >= 0.3 is 5.97 Å². The highest BCUT2D eigenvalue weighted by molar-refractivity contribution is 5.96. The number of carboxylic acid groups (broad SMARTS) is 1. The maximum atomic E-state index is 12.4. The van der Waals surface area contributed by atoms with Crippen LogP contribution in [-0.4, -0.2) is 46.1 Å². The van der Waals surface area contributed by atoms with E-state index in [1.807, 2.05) is 30.3 Å². The van der Waals surface area contributed by atoms with Crippen molar-refractivity contribution in [3.8, 4) is 0 Å². The van der Waals surface area contributed by atoms with E-state index in [9.17, 15) is 19.8 Å². The second-order valence-electron chi connectivity index (χ2n) is 12.8. The highest BCUT2D eigenvalue weighted by Crippen LogP contribution is 2.67. The summed E-state index contributed by atoms with van der Waals surface area (Å²) in [7, 11) is 0. The van der Waals surface area contributed by atoms with Crippen LogP contribution in [0.2, 0.25) is 0 Å². The number of nitrogens with zero attached hydrogens (tertiary/aromatic N) is 1. The van der Waals surface area contributed by atoms with Crippen LogP contribution in [0, 0.1) is 28.6 Å². The second kappa shape index (κ2) is 10.1. The van der Waals surface area contributed by atoms with Crippen molar-refractivity contribution in [2.75, 3.05) is 6.61 Å². The van der Waals surface area contributed by atoms with Gasteiger partial charge in [-0.1, -0.05) is 54.9 Å². The molecule has 0 spiro atoms. The van der Waals surface area contributed by atoms with Crippen molar-refractivity contribution in [1.82, 2.24) is 5.32 Å². The van der Waals surface area contributed by atoms with E-state index in [-0.39, 0.29) is 23.9 Å². The smallest absolute Gasteiger partial charge is 0.326 e. The number of hydrogen-bond acceptors (Lipinski definition) is 5. The van der Waals surface area contributed by atoms with Crippen molar-refractivity contribution in [2.24, 2.45) is 33.7 Å². The molecule has 0 aromatic heterocycles. The highest BCUT2D eigenvalue weighted by Gasteiger charge is 2.62. The lowest BCUT2D eigenvalue weighted by atomic mass is 9.46. The number of aliphatic carboxylic acids is 1. The molecular weight excluding hydrogens is 480 g/mol. The Morgan fingerprint density at radius 1 is 1.05 bits per heavy atom. The average Bonchev–Trinajstić information content (AvgIpc) is 3.13. The molecule has 206 valence electrons. The first-order valence-corrected chi connectivity index (χ1v) is 14.2. The van der Waals surface area contributed by atoms with Gasteiger partial charge in [-0.15, -0.1) is 0 Å². The van der Waals surface area contributed by atoms with Gasteiger partial charge in [0.25, 0.3) is 5.91 Å². The molecular formula is C31H42N2O5. The summed E-state index contributed by atoms with van der Waals surface area (Å²) >= 11 is 0. The number of carbonyl (C=O) groups is 2. The third-order valence-electron chi connectivity index (χ3n) is 10.8. The zero-order valence-corrected chi connectivity index (χ0v) is 22.9. The number of benzene rings is 1. The molecule has 7 heteroatoms. The number of fused-ring (bicyclic) bond motifs is 5.